The summed E-state index contributed by atoms with van der Waals surface area (Å²) in [7, 11) is -1.03. The van der Waals surface area contributed by atoms with Crippen LogP contribution in [0.3, 0.4) is 0 Å². The summed E-state index contributed by atoms with van der Waals surface area (Å²) in [6.07, 6.45) is 0. The van der Waals surface area contributed by atoms with E-state index in [1.807, 2.05) is 31.0 Å². The molecule has 0 aliphatic carbocycles. The predicted octanol–water partition coefficient (Wildman–Crippen LogP) is 0.907. The van der Waals surface area contributed by atoms with Crippen LogP contribution in [-0.4, -0.2) is 45.2 Å². The first-order chi connectivity index (χ1) is 8.93. The summed E-state index contributed by atoms with van der Waals surface area (Å²) in [5.41, 5.74) is 1.72. The first kappa shape index (κ1) is 14.1. The minimum atomic E-state index is -2.87. The molecule has 0 spiro atoms. The minimum Gasteiger partial charge on any atom is -0.508 e. The fraction of sp³-hybridized carbons (Fsp3) is 0.538. The van der Waals surface area contributed by atoms with Crippen LogP contribution in [0.2, 0.25) is 0 Å². The van der Waals surface area contributed by atoms with Gasteiger partial charge in [-0.3, -0.25) is 0 Å². The first-order valence-electron chi connectivity index (χ1n) is 6.38. The van der Waals surface area contributed by atoms with E-state index in [1.54, 1.807) is 6.07 Å². The summed E-state index contributed by atoms with van der Waals surface area (Å²) in [5.74, 6) is 0.609. The normalized spacial score (nSPS) is 20.2. The molecule has 0 amide bonds. The second-order valence-electron chi connectivity index (χ2n) is 4.89. The highest BCUT2D eigenvalue weighted by Gasteiger charge is 2.22. The number of rotatable bonds is 3. The van der Waals surface area contributed by atoms with Crippen molar-refractivity contribution >= 4 is 15.5 Å². The van der Waals surface area contributed by atoms with Crippen LogP contribution in [0.15, 0.2) is 18.2 Å². The van der Waals surface area contributed by atoms with Crippen LogP contribution >= 0.6 is 0 Å². The molecule has 6 heteroatoms. The summed E-state index contributed by atoms with van der Waals surface area (Å²) >= 11 is 0. The lowest BCUT2D eigenvalue weighted by atomic mass is 10.1. The standard InChI is InChI=1S/C13H20N2O3S/c1-10(14-2)12-4-3-11(9-13(12)16)15-5-7-19(17,18)8-6-15/h3-4,9-10,14,16H,5-8H2,1-2H3. The largest absolute Gasteiger partial charge is 0.508 e. The maximum atomic E-state index is 11.4. The van der Waals surface area contributed by atoms with Gasteiger partial charge in [-0.1, -0.05) is 6.07 Å². The second-order valence-corrected chi connectivity index (χ2v) is 7.20. The second kappa shape index (κ2) is 5.38. The number of phenolic OH excluding ortho intramolecular Hbond substituents is 1. The van der Waals surface area contributed by atoms with Gasteiger partial charge in [0.25, 0.3) is 0 Å². The number of benzene rings is 1. The van der Waals surface area contributed by atoms with Crippen LogP contribution in [0, 0.1) is 0 Å². The topological polar surface area (TPSA) is 69.6 Å². The Hall–Kier alpha value is -1.27. The molecule has 1 heterocycles. The number of phenols is 1. The van der Waals surface area contributed by atoms with Crippen LogP contribution in [-0.2, 0) is 9.84 Å². The van der Waals surface area contributed by atoms with Crippen molar-refractivity contribution in [1.82, 2.24) is 5.32 Å². The zero-order valence-electron chi connectivity index (χ0n) is 11.3. The number of nitrogens with one attached hydrogen (secondary N) is 1. The van der Waals surface area contributed by atoms with Gasteiger partial charge in [-0.05, 0) is 20.0 Å². The van der Waals surface area contributed by atoms with Crippen molar-refractivity contribution in [3.8, 4) is 5.75 Å². The lowest BCUT2D eigenvalue weighted by Gasteiger charge is -2.29. The lowest BCUT2D eigenvalue weighted by molar-refractivity contribution is 0.458. The van der Waals surface area contributed by atoms with E-state index in [0.717, 1.165) is 11.3 Å². The van der Waals surface area contributed by atoms with Crippen LogP contribution in [0.5, 0.6) is 5.75 Å². The van der Waals surface area contributed by atoms with E-state index in [0.29, 0.717) is 13.1 Å². The maximum absolute atomic E-state index is 11.4. The van der Waals surface area contributed by atoms with Crippen LogP contribution < -0.4 is 10.2 Å². The zero-order valence-corrected chi connectivity index (χ0v) is 12.1. The highest BCUT2D eigenvalue weighted by atomic mass is 32.2. The van der Waals surface area contributed by atoms with E-state index in [2.05, 4.69) is 5.32 Å². The van der Waals surface area contributed by atoms with E-state index in [-0.39, 0.29) is 23.3 Å². The number of nitrogens with zero attached hydrogens (tertiary/aromatic N) is 1. The average Bonchev–Trinajstić information content (AvgIpc) is 2.37. The molecule has 1 aliphatic rings. The summed E-state index contributed by atoms with van der Waals surface area (Å²) in [6.45, 7) is 2.95. The Balaban J connectivity index is 2.17. The fourth-order valence-electron chi connectivity index (χ4n) is 2.22. The number of hydrogen-bond donors (Lipinski definition) is 2. The van der Waals surface area contributed by atoms with Crippen LogP contribution in [0.25, 0.3) is 0 Å². The van der Waals surface area contributed by atoms with E-state index in [4.69, 9.17) is 0 Å². The summed E-state index contributed by atoms with van der Waals surface area (Å²) in [6, 6.07) is 5.60. The van der Waals surface area contributed by atoms with Crippen molar-refractivity contribution < 1.29 is 13.5 Å². The Bertz CT molecular complexity index is 543. The first-order valence-corrected chi connectivity index (χ1v) is 8.20. The molecule has 1 aromatic rings. The SMILES string of the molecule is CNC(C)c1ccc(N2CCS(=O)(=O)CC2)cc1O. The van der Waals surface area contributed by atoms with Gasteiger partial charge in [0.2, 0.25) is 0 Å². The number of aromatic hydroxyl groups is 1. The van der Waals surface area contributed by atoms with Crippen molar-refractivity contribution in [3.63, 3.8) is 0 Å². The summed E-state index contributed by atoms with van der Waals surface area (Å²) in [4.78, 5) is 1.99. The highest BCUT2D eigenvalue weighted by Crippen LogP contribution is 2.29. The van der Waals surface area contributed by atoms with Gasteiger partial charge in [0.15, 0.2) is 9.84 Å². The third kappa shape index (κ3) is 3.19. The van der Waals surface area contributed by atoms with Gasteiger partial charge in [-0.25, -0.2) is 8.42 Å². The number of hydrogen-bond acceptors (Lipinski definition) is 5. The summed E-state index contributed by atoms with van der Waals surface area (Å²) < 4.78 is 22.8. The quantitative estimate of drug-likeness (QED) is 0.863. The Morgan fingerprint density at radius 3 is 2.47 bits per heavy atom. The van der Waals surface area contributed by atoms with Gasteiger partial charge >= 0.3 is 0 Å². The molecule has 1 aromatic carbocycles. The van der Waals surface area contributed by atoms with Crippen molar-refractivity contribution in [2.24, 2.45) is 0 Å². The van der Waals surface area contributed by atoms with Crippen molar-refractivity contribution in [2.45, 2.75) is 13.0 Å². The molecule has 2 rings (SSSR count). The van der Waals surface area contributed by atoms with Gasteiger partial charge in [0, 0.05) is 36.4 Å². The smallest absolute Gasteiger partial charge is 0.153 e. The molecule has 19 heavy (non-hydrogen) atoms. The molecule has 0 aromatic heterocycles. The van der Waals surface area contributed by atoms with Gasteiger partial charge in [-0.15, -0.1) is 0 Å². The molecule has 1 saturated heterocycles. The molecule has 106 valence electrons. The maximum Gasteiger partial charge on any atom is 0.153 e. The fourth-order valence-corrected chi connectivity index (χ4v) is 3.42. The Kier molecular flexibility index (Phi) is 4.01. The Labute approximate surface area is 114 Å². The molecule has 1 fully saturated rings. The molecular formula is C13H20N2O3S. The molecule has 0 radical (unpaired) electrons. The molecule has 0 saturated carbocycles. The molecule has 5 nitrogen and oxygen atoms in total. The molecule has 1 aliphatic heterocycles. The summed E-state index contributed by atoms with van der Waals surface area (Å²) in [5, 5.41) is 13.1. The van der Waals surface area contributed by atoms with E-state index in [9.17, 15) is 13.5 Å². The highest BCUT2D eigenvalue weighted by molar-refractivity contribution is 7.91. The van der Waals surface area contributed by atoms with Crippen molar-refractivity contribution in [3.05, 3.63) is 23.8 Å². The minimum absolute atomic E-state index is 0.0794. The predicted molar refractivity (Wildman–Crippen MR) is 76.4 cm³/mol. The molecule has 1 unspecified atom stereocenters. The molecule has 1 atom stereocenters. The lowest BCUT2D eigenvalue weighted by Crippen LogP contribution is -2.40. The van der Waals surface area contributed by atoms with Crippen LogP contribution in [0.4, 0.5) is 5.69 Å². The molecular weight excluding hydrogens is 264 g/mol. The number of anilines is 1. The van der Waals surface area contributed by atoms with Gasteiger partial charge in [-0.2, -0.15) is 0 Å². The third-order valence-corrected chi connectivity index (χ3v) is 5.23. The van der Waals surface area contributed by atoms with E-state index < -0.39 is 9.84 Å². The average molecular weight is 284 g/mol. The van der Waals surface area contributed by atoms with Gasteiger partial charge in [0.1, 0.15) is 5.75 Å². The molecule has 0 bridgehead atoms. The van der Waals surface area contributed by atoms with Crippen molar-refractivity contribution in [2.75, 3.05) is 36.5 Å². The zero-order chi connectivity index (χ0) is 14.0. The van der Waals surface area contributed by atoms with Gasteiger partial charge < -0.3 is 15.3 Å². The van der Waals surface area contributed by atoms with E-state index in [1.165, 1.54) is 0 Å². The monoisotopic (exact) mass is 284 g/mol. The van der Waals surface area contributed by atoms with Gasteiger partial charge in [0.05, 0.1) is 11.5 Å². The molecule has 2 N–H and O–H groups in total. The number of sulfone groups is 1. The van der Waals surface area contributed by atoms with Crippen molar-refractivity contribution in [1.29, 1.82) is 0 Å². The Morgan fingerprint density at radius 2 is 1.95 bits per heavy atom. The van der Waals surface area contributed by atoms with E-state index >= 15 is 0 Å². The Morgan fingerprint density at radius 1 is 1.32 bits per heavy atom. The third-order valence-electron chi connectivity index (χ3n) is 3.62. The van der Waals surface area contributed by atoms with Crippen LogP contribution in [0.1, 0.15) is 18.5 Å².